The minimum atomic E-state index is -1.16. The molecule has 0 saturated heterocycles. The maximum Gasteiger partial charge on any atom is 0.371 e. The molecule has 0 bridgehead atoms. The molecule has 0 aliphatic rings. The van der Waals surface area contributed by atoms with Gasteiger partial charge in [0.2, 0.25) is 5.76 Å². The van der Waals surface area contributed by atoms with Crippen molar-refractivity contribution in [2.75, 3.05) is 0 Å². The Balaban J connectivity index is 2.29. The molecule has 0 saturated carbocycles. The first-order valence-corrected chi connectivity index (χ1v) is 7.68. The molecular weight excluding hydrogens is 333 g/mol. The number of furan rings is 1. The summed E-state index contributed by atoms with van der Waals surface area (Å²) < 4.78 is 19.2. The van der Waals surface area contributed by atoms with Crippen LogP contribution in [-0.4, -0.2) is 16.1 Å². The van der Waals surface area contributed by atoms with Crippen LogP contribution in [0.2, 0.25) is 5.02 Å². The second-order valence-corrected chi connectivity index (χ2v) is 6.97. The lowest BCUT2D eigenvalue weighted by molar-refractivity contribution is 0.0665. The van der Waals surface area contributed by atoms with E-state index < -0.39 is 11.8 Å². The zero-order chi connectivity index (χ0) is 17.6. The Kier molecular flexibility index (Phi) is 3.84. The molecule has 3 rings (SSSR count). The molecule has 0 aliphatic heterocycles. The SMILES string of the molecule is CC(C)(C)c1cc(-c2ccc(Cl)c(F)c2)nc2cc(C(=O)O)oc12. The van der Waals surface area contributed by atoms with Gasteiger partial charge in [0.15, 0.2) is 5.58 Å². The van der Waals surface area contributed by atoms with Gasteiger partial charge in [-0.3, -0.25) is 0 Å². The summed E-state index contributed by atoms with van der Waals surface area (Å²) in [7, 11) is 0. The zero-order valence-electron chi connectivity index (χ0n) is 13.4. The predicted octanol–water partition coefficient (Wildman–Crippen LogP) is 5.28. The monoisotopic (exact) mass is 347 g/mol. The first kappa shape index (κ1) is 16.5. The van der Waals surface area contributed by atoms with Gasteiger partial charge in [-0.05, 0) is 23.6 Å². The summed E-state index contributed by atoms with van der Waals surface area (Å²) in [6, 6.07) is 7.61. The Morgan fingerprint density at radius 2 is 1.96 bits per heavy atom. The van der Waals surface area contributed by atoms with Gasteiger partial charge in [-0.1, -0.05) is 38.4 Å². The van der Waals surface area contributed by atoms with Crippen molar-refractivity contribution in [1.82, 2.24) is 4.98 Å². The number of pyridine rings is 1. The molecule has 0 fully saturated rings. The average Bonchev–Trinajstić information content (AvgIpc) is 2.92. The second kappa shape index (κ2) is 5.60. The molecule has 0 spiro atoms. The highest BCUT2D eigenvalue weighted by molar-refractivity contribution is 6.30. The molecule has 6 heteroatoms. The first-order chi connectivity index (χ1) is 11.2. The van der Waals surface area contributed by atoms with Gasteiger partial charge in [0.25, 0.3) is 0 Å². The van der Waals surface area contributed by atoms with E-state index in [0.29, 0.717) is 22.4 Å². The van der Waals surface area contributed by atoms with Crippen molar-refractivity contribution in [2.24, 2.45) is 0 Å². The van der Waals surface area contributed by atoms with Crippen LogP contribution >= 0.6 is 11.6 Å². The summed E-state index contributed by atoms with van der Waals surface area (Å²) in [5.41, 5.74) is 2.42. The Morgan fingerprint density at radius 1 is 1.25 bits per heavy atom. The number of carboxylic acids is 1. The third-order valence-corrected chi connectivity index (χ3v) is 4.02. The number of nitrogens with zero attached hydrogens (tertiary/aromatic N) is 1. The van der Waals surface area contributed by atoms with Crippen molar-refractivity contribution in [2.45, 2.75) is 26.2 Å². The van der Waals surface area contributed by atoms with E-state index in [-0.39, 0.29) is 16.2 Å². The maximum absolute atomic E-state index is 13.8. The van der Waals surface area contributed by atoms with Gasteiger partial charge in [0.05, 0.1) is 10.7 Å². The third kappa shape index (κ3) is 2.87. The Labute approximate surface area is 142 Å². The van der Waals surface area contributed by atoms with Crippen molar-refractivity contribution >= 4 is 28.7 Å². The molecule has 0 unspecified atom stereocenters. The van der Waals surface area contributed by atoms with E-state index in [1.54, 1.807) is 12.1 Å². The second-order valence-electron chi connectivity index (χ2n) is 6.56. The van der Waals surface area contributed by atoms with Crippen LogP contribution in [0, 0.1) is 5.82 Å². The lowest BCUT2D eigenvalue weighted by Gasteiger charge is -2.20. The quantitative estimate of drug-likeness (QED) is 0.684. The molecule has 24 heavy (non-hydrogen) atoms. The van der Waals surface area contributed by atoms with Crippen LogP contribution in [0.1, 0.15) is 36.9 Å². The zero-order valence-corrected chi connectivity index (χ0v) is 14.1. The lowest BCUT2D eigenvalue weighted by Crippen LogP contribution is -2.12. The molecule has 1 aromatic carbocycles. The number of carbonyl (C=O) groups is 1. The van der Waals surface area contributed by atoms with E-state index in [1.807, 2.05) is 20.8 Å². The molecule has 4 nitrogen and oxygen atoms in total. The fourth-order valence-corrected chi connectivity index (χ4v) is 2.61. The standard InChI is InChI=1S/C18H15ClFNO3/c1-18(2,3)10-7-13(9-4-5-11(19)12(20)6-9)21-14-8-15(17(22)23)24-16(10)14/h4-8H,1-3H3,(H,22,23). The minimum absolute atomic E-state index is 0.0346. The fraction of sp³-hybridized carbons (Fsp3) is 0.222. The third-order valence-electron chi connectivity index (χ3n) is 3.71. The van der Waals surface area contributed by atoms with Crippen LogP contribution in [0.4, 0.5) is 4.39 Å². The number of aromatic nitrogens is 1. The highest BCUT2D eigenvalue weighted by atomic mass is 35.5. The number of benzene rings is 1. The molecule has 1 N–H and O–H groups in total. The summed E-state index contributed by atoms with van der Waals surface area (Å²) in [6.07, 6.45) is 0. The topological polar surface area (TPSA) is 63.3 Å². The van der Waals surface area contributed by atoms with E-state index in [0.717, 1.165) is 5.56 Å². The van der Waals surface area contributed by atoms with Crippen molar-refractivity contribution in [3.8, 4) is 11.3 Å². The molecule has 2 aromatic heterocycles. The molecule has 0 amide bonds. The van der Waals surface area contributed by atoms with Crippen molar-refractivity contribution in [3.63, 3.8) is 0 Å². The smallest absolute Gasteiger partial charge is 0.371 e. The number of carboxylic acid groups (broad SMARTS) is 1. The molecule has 0 aliphatic carbocycles. The predicted molar refractivity (Wildman–Crippen MR) is 90.1 cm³/mol. The number of halogens is 2. The van der Waals surface area contributed by atoms with E-state index in [4.69, 9.17) is 21.1 Å². The highest BCUT2D eigenvalue weighted by Gasteiger charge is 2.24. The first-order valence-electron chi connectivity index (χ1n) is 7.30. The number of hydrogen-bond donors (Lipinski definition) is 1. The molecular formula is C18H15ClFNO3. The normalized spacial score (nSPS) is 11.9. The van der Waals surface area contributed by atoms with E-state index in [2.05, 4.69) is 4.98 Å². The minimum Gasteiger partial charge on any atom is -0.475 e. The maximum atomic E-state index is 13.8. The van der Waals surface area contributed by atoms with Gasteiger partial charge in [-0.25, -0.2) is 14.2 Å². The molecule has 0 atom stereocenters. The van der Waals surface area contributed by atoms with Gasteiger partial charge >= 0.3 is 5.97 Å². The summed E-state index contributed by atoms with van der Waals surface area (Å²) in [5, 5.41) is 9.18. The summed E-state index contributed by atoms with van der Waals surface area (Å²) in [4.78, 5) is 15.6. The van der Waals surface area contributed by atoms with Gasteiger partial charge in [-0.15, -0.1) is 0 Å². The van der Waals surface area contributed by atoms with Gasteiger partial charge in [-0.2, -0.15) is 0 Å². The van der Waals surface area contributed by atoms with E-state index in [9.17, 15) is 9.18 Å². The number of rotatable bonds is 2. The van der Waals surface area contributed by atoms with Crippen molar-refractivity contribution in [3.05, 3.63) is 52.5 Å². The van der Waals surface area contributed by atoms with Crippen molar-refractivity contribution < 1.29 is 18.7 Å². The summed E-state index contributed by atoms with van der Waals surface area (Å²) in [5.74, 6) is -1.87. The Morgan fingerprint density at radius 3 is 2.54 bits per heavy atom. The van der Waals surface area contributed by atoms with Crippen LogP contribution in [0.3, 0.4) is 0 Å². The largest absolute Gasteiger partial charge is 0.475 e. The van der Waals surface area contributed by atoms with Crippen molar-refractivity contribution in [1.29, 1.82) is 0 Å². The van der Waals surface area contributed by atoms with Gasteiger partial charge in [0.1, 0.15) is 11.3 Å². The van der Waals surface area contributed by atoms with Gasteiger partial charge in [0, 0.05) is 17.2 Å². The van der Waals surface area contributed by atoms with Crippen LogP contribution in [-0.2, 0) is 5.41 Å². The van der Waals surface area contributed by atoms with Crippen LogP contribution < -0.4 is 0 Å². The molecule has 0 radical (unpaired) electrons. The molecule has 124 valence electrons. The fourth-order valence-electron chi connectivity index (χ4n) is 2.49. The van der Waals surface area contributed by atoms with E-state index >= 15 is 0 Å². The Bertz CT molecular complexity index is 957. The lowest BCUT2D eigenvalue weighted by atomic mass is 9.86. The van der Waals surface area contributed by atoms with Crippen LogP contribution in [0.25, 0.3) is 22.4 Å². The summed E-state index contributed by atoms with van der Waals surface area (Å²) >= 11 is 5.73. The average molecular weight is 348 g/mol. The van der Waals surface area contributed by atoms with Gasteiger partial charge < -0.3 is 9.52 Å². The number of hydrogen-bond acceptors (Lipinski definition) is 3. The number of aromatic carboxylic acids is 1. The van der Waals surface area contributed by atoms with E-state index in [1.165, 1.54) is 18.2 Å². The highest BCUT2D eigenvalue weighted by Crippen LogP contribution is 2.35. The molecule has 3 aromatic rings. The Hall–Kier alpha value is -2.40. The van der Waals surface area contributed by atoms with Crippen LogP contribution in [0.5, 0.6) is 0 Å². The number of fused-ring (bicyclic) bond motifs is 1. The summed E-state index contributed by atoms with van der Waals surface area (Å²) in [6.45, 7) is 5.95. The van der Waals surface area contributed by atoms with Crippen LogP contribution in [0.15, 0.2) is 34.7 Å². The molecule has 2 heterocycles.